The van der Waals surface area contributed by atoms with E-state index in [1.54, 1.807) is 25.3 Å². The molecular formula is C22H27NO4S. The Morgan fingerprint density at radius 2 is 1.86 bits per heavy atom. The zero-order valence-corrected chi connectivity index (χ0v) is 17.6. The lowest BCUT2D eigenvalue weighted by atomic mass is 10.1. The molecule has 0 bridgehead atoms. The summed E-state index contributed by atoms with van der Waals surface area (Å²) in [7, 11) is 1.66. The minimum absolute atomic E-state index is 0.0148. The molecule has 150 valence electrons. The molecule has 0 fully saturated rings. The predicted molar refractivity (Wildman–Crippen MR) is 113 cm³/mol. The van der Waals surface area contributed by atoms with Gasteiger partial charge < -0.3 is 14.8 Å². The molecule has 2 aromatic rings. The Bertz CT molecular complexity index is 805. The summed E-state index contributed by atoms with van der Waals surface area (Å²) in [5.74, 6) is 0.977. The first kappa shape index (κ1) is 22.0. The Labute approximate surface area is 170 Å². The number of carbonyl (C=O) groups is 2. The Morgan fingerprint density at radius 3 is 2.46 bits per heavy atom. The van der Waals surface area contributed by atoms with E-state index in [0.717, 1.165) is 23.5 Å². The predicted octanol–water partition coefficient (Wildman–Crippen LogP) is 4.14. The average molecular weight is 402 g/mol. The first-order valence-electron chi connectivity index (χ1n) is 9.19. The Hall–Kier alpha value is -2.31. The van der Waals surface area contributed by atoms with E-state index in [4.69, 9.17) is 9.47 Å². The van der Waals surface area contributed by atoms with Crippen LogP contribution in [-0.2, 0) is 11.2 Å². The number of carbonyl (C=O) groups excluding carboxylic acids is 2. The van der Waals surface area contributed by atoms with Crippen molar-refractivity contribution in [1.82, 2.24) is 5.32 Å². The molecule has 1 atom stereocenters. The second kappa shape index (κ2) is 10.9. The lowest BCUT2D eigenvalue weighted by Crippen LogP contribution is -2.31. The lowest BCUT2D eigenvalue weighted by molar-refractivity contribution is -0.132. The summed E-state index contributed by atoms with van der Waals surface area (Å²) in [4.78, 5) is 24.4. The number of methoxy groups -OCH3 is 1. The smallest absolute Gasteiger partial charge is 0.308 e. The highest BCUT2D eigenvalue weighted by molar-refractivity contribution is 7.98. The molecule has 0 aliphatic carbocycles. The van der Waals surface area contributed by atoms with Crippen molar-refractivity contribution in [2.75, 3.05) is 19.9 Å². The molecule has 2 rings (SSSR count). The van der Waals surface area contributed by atoms with Gasteiger partial charge in [-0.25, -0.2) is 0 Å². The van der Waals surface area contributed by atoms with Gasteiger partial charge in [-0.1, -0.05) is 12.1 Å². The molecule has 1 unspecified atom stereocenters. The van der Waals surface area contributed by atoms with Crippen LogP contribution in [0.15, 0.2) is 47.4 Å². The van der Waals surface area contributed by atoms with Crippen LogP contribution in [0.3, 0.4) is 0 Å². The van der Waals surface area contributed by atoms with Gasteiger partial charge in [-0.2, -0.15) is 0 Å². The standard InChI is InChI=1S/C22H27NO4S/c1-15(5-6-17-7-10-19(26-3)11-8-17)23-14-20(25)18-9-12-21(27-16(2)24)22(13-18)28-4/h7-13,15,23H,5-6,14H2,1-4H3. The van der Waals surface area contributed by atoms with Crippen LogP contribution in [0.5, 0.6) is 11.5 Å². The third-order valence-corrected chi connectivity index (χ3v) is 5.13. The second-order valence-corrected chi connectivity index (χ2v) is 7.40. The van der Waals surface area contributed by atoms with E-state index in [1.165, 1.54) is 24.2 Å². The van der Waals surface area contributed by atoms with Gasteiger partial charge >= 0.3 is 5.97 Å². The van der Waals surface area contributed by atoms with Gasteiger partial charge in [0, 0.05) is 18.5 Å². The Balaban J connectivity index is 1.85. The largest absolute Gasteiger partial charge is 0.497 e. The first-order chi connectivity index (χ1) is 13.4. The maximum Gasteiger partial charge on any atom is 0.308 e. The molecule has 5 nitrogen and oxygen atoms in total. The van der Waals surface area contributed by atoms with Gasteiger partial charge in [-0.3, -0.25) is 9.59 Å². The number of ether oxygens (including phenoxy) is 2. The zero-order valence-electron chi connectivity index (χ0n) is 16.8. The normalized spacial score (nSPS) is 11.7. The van der Waals surface area contributed by atoms with Crippen molar-refractivity contribution < 1.29 is 19.1 Å². The molecule has 0 saturated carbocycles. The molecule has 0 amide bonds. The number of benzene rings is 2. The molecule has 28 heavy (non-hydrogen) atoms. The van der Waals surface area contributed by atoms with Gasteiger partial charge in [0.2, 0.25) is 0 Å². The van der Waals surface area contributed by atoms with E-state index >= 15 is 0 Å². The van der Waals surface area contributed by atoms with Crippen molar-refractivity contribution in [2.24, 2.45) is 0 Å². The van der Waals surface area contributed by atoms with Gasteiger partial charge in [-0.05, 0) is 61.9 Å². The summed E-state index contributed by atoms with van der Waals surface area (Å²) in [6.07, 6.45) is 3.75. The van der Waals surface area contributed by atoms with Crippen LogP contribution in [0.2, 0.25) is 0 Å². The van der Waals surface area contributed by atoms with Crippen molar-refractivity contribution in [3.05, 3.63) is 53.6 Å². The summed E-state index contributed by atoms with van der Waals surface area (Å²) >= 11 is 1.44. The minimum atomic E-state index is -0.373. The van der Waals surface area contributed by atoms with E-state index < -0.39 is 0 Å². The molecule has 1 N–H and O–H groups in total. The molecule has 0 saturated heterocycles. The minimum Gasteiger partial charge on any atom is -0.497 e. The maximum atomic E-state index is 12.5. The number of rotatable bonds is 10. The van der Waals surface area contributed by atoms with E-state index in [2.05, 4.69) is 24.4 Å². The number of hydrogen-bond donors (Lipinski definition) is 1. The molecule has 0 aliphatic rings. The number of hydrogen-bond acceptors (Lipinski definition) is 6. The number of aryl methyl sites for hydroxylation is 1. The van der Waals surface area contributed by atoms with Crippen molar-refractivity contribution in [2.45, 2.75) is 37.6 Å². The Morgan fingerprint density at radius 1 is 1.14 bits per heavy atom. The van der Waals surface area contributed by atoms with Crippen LogP contribution in [0.25, 0.3) is 0 Å². The molecular weight excluding hydrogens is 374 g/mol. The van der Waals surface area contributed by atoms with Crippen LogP contribution in [-0.4, -0.2) is 37.7 Å². The van der Waals surface area contributed by atoms with Gasteiger partial charge in [-0.15, -0.1) is 11.8 Å². The van der Waals surface area contributed by atoms with Gasteiger partial charge in [0.15, 0.2) is 5.78 Å². The highest BCUT2D eigenvalue weighted by atomic mass is 32.2. The van der Waals surface area contributed by atoms with Crippen LogP contribution >= 0.6 is 11.8 Å². The first-order valence-corrected chi connectivity index (χ1v) is 10.4. The van der Waals surface area contributed by atoms with Crippen LogP contribution in [0.4, 0.5) is 0 Å². The summed E-state index contributed by atoms with van der Waals surface area (Å²) < 4.78 is 10.3. The molecule has 0 aromatic heterocycles. The molecule has 0 heterocycles. The van der Waals surface area contributed by atoms with Gasteiger partial charge in [0.1, 0.15) is 11.5 Å². The van der Waals surface area contributed by atoms with Crippen molar-refractivity contribution in [3.63, 3.8) is 0 Å². The quantitative estimate of drug-likeness (QED) is 0.279. The molecule has 0 spiro atoms. The summed E-state index contributed by atoms with van der Waals surface area (Å²) in [5, 5.41) is 3.29. The van der Waals surface area contributed by atoms with Crippen molar-refractivity contribution >= 4 is 23.5 Å². The highest BCUT2D eigenvalue weighted by Crippen LogP contribution is 2.29. The van der Waals surface area contributed by atoms with Gasteiger partial charge in [0.25, 0.3) is 0 Å². The Kier molecular flexibility index (Phi) is 8.54. The molecule has 6 heteroatoms. The average Bonchev–Trinajstić information content (AvgIpc) is 2.70. The zero-order chi connectivity index (χ0) is 20.5. The molecule has 2 aromatic carbocycles. The van der Waals surface area contributed by atoms with Crippen molar-refractivity contribution in [3.8, 4) is 11.5 Å². The van der Waals surface area contributed by atoms with E-state index in [-0.39, 0.29) is 24.3 Å². The fourth-order valence-corrected chi connectivity index (χ4v) is 3.28. The lowest BCUT2D eigenvalue weighted by Gasteiger charge is -2.14. The summed E-state index contributed by atoms with van der Waals surface area (Å²) in [5.41, 5.74) is 1.85. The number of ketones is 1. The van der Waals surface area contributed by atoms with E-state index in [1.807, 2.05) is 18.4 Å². The molecule has 0 radical (unpaired) electrons. The fourth-order valence-electron chi connectivity index (χ4n) is 2.73. The summed E-state index contributed by atoms with van der Waals surface area (Å²) in [6.45, 7) is 3.71. The van der Waals surface area contributed by atoms with Crippen LogP contribution in [0, 0.1) is 0 Å². The third kappa shape index (κ3) is 6.69. The SMILES string of the molecule is COc1ccc(CCC(C)NCC(=O)c2ccc(OC(C)=O)c(SC)c2)cc1. The van der Waals surface area contributed by atoms with E-state index in [0.29, 0.717) is 11.3 Å². The number of esters is 1. The maximum absolute atomic E-state index is 12.5. The van der Waals surface area contributed by atoms with Crippen LogP contribution in [0.1, 0.15) is 36.2 Å². The van der Waals surface area contributed by atoms with Crippen molar-refractivity contribution in [1.29, 1.82) is 0 Å². The fraction of sp³-hybridized carbons (Fsp3) is 0.364. The monoisotopic (exact) mass is 401 g/mol. The number of Topliss-reactive ketones (excluding diaryl/α,β-unsaturated/α-hetero) is 1. The topological polar surface area (TPSA) is 64.6 Å². The molecule has 0 aliphatic heterocycles. The van der Waals surface area contributed by atoms with Gasteiger partial charge in [0.05, 0.1) is 18.6 Å². The third-order valence-electron chi connectivity index (χ3n) is 4.38. The number of thioether (sulfide) groups is 1. The summed E-state index contributed by atoms with van der Waals surface area (Å²) in [6, 6.07) is 13.4. The highest BCUT2D eigenvalue weighted by Gasteiger charge is 2.13. The second-order valence-electron chi connectivity index (χ2n) is 6.55. The van der Waals surface area contributed by atoms with Crippen LogP contribution < -0.4 is 14.8 Å². The van der Waals surface area contributed by atoms with E-state index in [9.17, 15) is 9.59 Å². The number of nitrogens with one attached hydrogen (secondary N) is 1.